The SMILES string of the molecule is CC.Cc1ccc(OCc2cncc(C)n2)c(Cl)c1. The molecule has 0 N–H and O–H groups in total. The molecule has 2 aromatic rings. The van der Waals surface area contributed by atoms with Gasteiger partial charge in [0.1, 0.15) is 12.4 Å². The fraction of sp³-hybridized carbons (Fsp3) is 0.333. The molecule has 0 amide bonds. The molecule has 0 unspecified atom stereocenters. The molecule has 0 saturated carbocycles. The topological polar surface area (TPSA) is 35.0 Å². The molecule has 0 spiro atoms. The van der Waals surface area contributed by atoms with Crippen molar-refractivity contribution in [2.45, 2.75) is 34.3 Å². The van der Waals surface area contributed by atoms with Crippen LogP contribution < -0.4 is 4.74 Å². The number of rotatable bonds is 3. The first kappa shape index (κ1) is 15.4. The first-order valence-corrected chi connectivity index (χ1v) is 6.69. The van der Waals surface area contributed by atoms with Gasteiger partial charge in [-0.1, -0.05) is 31.5 Å². The van der Waals surface area contributed by atoms with Crippen LogP contribution in [0.4, 0.5) is 0 Å². The zero-order valence-electron chi connectivity index (χ0n) is 11.8. The number of aryl methyl sites for hydroxylation is 2. The lowest BCUT2D eigenvalue weighted by molar-refractivity contribution is 0.300. The van der Waals surface area contributed by atoms with Gasteiger partial charge in [-0.3, -0.25) is 9.97 Å². The van der Waals surface area contributed by atoms with Crippen LogP contribution in [0.1, 0.15) is 30.8 Å². The van der Waals surface area contributed by atoms with Crippen molar-refractivity contribution in [2.75, 3.05) is 0 Å². The summed E-state index contributed by atoms with van der Waals surface area (Å²) >= 11 is 6.07. The highest BCUT2D eigenvalue weighted by Crippen LogP contribution is 2.25. The number of aromatic nitrogens is 2. The third kappa shape index (κ3) is 4.87. The quantitative estimate of drug-likeness (QED) is 0.837. The van der Waals surface area contributed by atoms with Crippen LogP contribution >= 0.6 is 11.6 Å². The average molecular weight is 279 g/mol. The Morgan fingerprint density at radius 1 is 1.16 bits per heavy atom. The fourth-order valence-electron chi connectivity index (χ4n) is 1.46. The van der Waals surface area contributed by atoms with E-state index in [-0.39, 0.29) is 0 Å². The predicted octanol–water partition coefficient (Wildman–Crippen LogP) is 4.35. The summed E-state index contributed by atoms with van der Waals surface area (Å²) in [5, 5.41) is 0.616. The lowest BCUT2D eigenvalue weighted by atomic mass is 10.2. The van der Waals surface area contributed by atoms with Crippen LogP contribution in [0, 0.1) is 13.8 Å². The summed E-state index contributed by atoms with van der Waals surface area (Å²) in [7, 11) is 0. The Bertz CT molecular complexity index is 529. The number of ether oxygens (including phenoxy) is 1. The van der Waals surface area contributed by atoms with E-state index in [0.29, 0.717) is 17.4 Å². The highest BCUT2D eigenvalue weighted by atomic mass is 35.5. The van der Waals surface area contributed by atoms with Crippen LogP contribution in [0.25, 0.3) is 0 Å². The number of benzene rings is 1. The zero-order chi connectivity index (χ0) is 14.3. The lowest BCUT2D eigenvalue weighted by Crippen LogP contribution is -2.00. The Kier molecular flexibility index (Phi) is 6.30. The summed E-state index contributed by atoms with van der Waals surface area (Å²) in [6, 6.07) is 5.70. The lowest BCUT2D eigenvalue weighted by Gasteiger charge is -2.08. The van der Waals surface area contributed by atoms with Crippen molar-refractivity contribution in [1.29, 1.82) is 0 Å². The summed E-state index contributed by atoms with van der Waals surface area (Å²) < 4.78 is 5.60. The van der Waals surface area contributed by atoms with Gasteiger partial charge >= 0.3 is 0 Å². The van der Waals surface area contributed by atoms with Gasteiger partial charge in [0.05, 0.1) is 22.6 Å². The van der Waals surface area contributed by atoms with Gasteiger partial charge in [-0.25, -0.2) is 0 Å². The van der Waals surface area contributed by atoms with E-state index in [0.717, 1.165) is 17.0 Å². The van der Waals surface area contributed by atoms with Crippen LogP contribution in [0.5, 0.6) is 5.75 Å². The molecule has 0 aliphatic heterocycles. The van der Waals surface area contributed by atoms with E-state index in [4.69, 9.17) is 16.3 Å². The van der Waals surface area contributed by atoms with Crippen LogP contribution in [0.15, 0.2) is 30.6 Å². The standard InChI is InChI=1S/C13H13ClN2O.C2H6/c1-9-3-4-13(12(14)5-9)17-8-11-7-15-6-10(2)16-11;1-2/h3-7H,8H2,1-2H3;1-2H3. The molecule has 0 fully saturated rings. The molecule has 2 rings (SSSR count). The molecule has 0 radical (unpaired) electrons. The Morgan fingerprint density at radius 2 is 1.89 bits per heavy atom. The Hall–Kier alpha value is -1.61. The second kappa shape index (κ2) is 7.74. The Balaban J connectivity index is 0.000000861. The molecule has 3 nitrogen and oxygen atoms in total. The van der Waals surface area contributed by atoms with Gasteiger partial charge in [-0.05, 0) is 31.5 Å². The molecule has 0 aliphatic rings. The van der Waals surface area contributed by atoms with Gasteiger partial charge in [0, 0.05) is 6.20 Å². The molecule has 0 atom stereocenters. The molecule has 4 heteroatoms. The van der Waals surface area contributed by atoms with E-state index in [1.165, 1.54) is 0 Å². The minimum Gasteiger partial charge on any atom is -0.486 e. The molecule has 0 aliphatic carbocycles. The van der Waals surface area contributed by atoms with Crippen LogP contribution in [0.2, 0.25) is 5.02 Å². The summed E-state index contributed by atoms with van der Waals surface area (Å²) in [5.41, 5.74) is 2.78. The van der Waals surface area contributed by atoms with Gasteiger partial charge < -0.3 is 4.74 Å². The third-order valence-electron chi connectivity index (χ3n) is 2.27. The van der Waals surface area contributed by atoms with Gasteiger partial charge in [0.15, 0.2) is 0 Å². The van der Waals surface area contributed by atoms with E-state index < -0.39 is 0 Å². The van der Waals surface area contributed by atoms with Crippen molar-refractivity contribution in [3.63, 3.8) is 0 Å². The Morgan fingerprint density at radius 3 is 2.53 bits per heavy atom. The highest BCUT2D eigenvalue weighted by Gasteiger charge is 2.03. The van der Waals surface area contributed by atoms with Crippen LogP contribution in [-0.4, -0.2) is 9.97 Å². The Labute approximate surface area is 119 Å². The van der Waals surface area contributed by atoms with Crippen molar-refractivity contribution in [2.24, 2.45) is 0 Å². The average Bonchev–Trinajstić information content (AvgIpc) is 2.40. The smallest absolute Gasteiger partial charge is 0.138 e. The first-order chi connectivity index (χ1) is 9.15. The maximum absolute atomic E-state index is 6.07. The van der Waals surface area contributed by atoms with Crippen molar-refractivity contribution >= 4 is 11.6 Å². The highest BCUT2D eigenvalue weighted by molar-refractivity contribution is 6.32. The molecule has 0 saturated heterocycles. The van der Waals surface area contributed by atoms with Crippen LogP contribution in [0.3, 0.4) is 0 Å². The van der Waals surface area contributed by atoms with Crippen LogP contribution in [-0.2, 0) is 6.61 Å². The first-order valence-electron chi connectivity index (χ1n) is 6.31. The fourth-order valence-corrected chi connectivity index (χ4v) is 1.75. The molecular formula is C15H19ClN2O. The third-order valence-corrected chi connectivity index (χ3v) is 2.56. The summed E-state index contributed by atoms with van der Waals surface area (Å²) in [6.07, 6.45) is 3.40. The minimum absolute atomic E-state index is 0.372. The van der Waals surface area contributed by atoms with E-state index >= 15 is 0 Å². The van der Waals surface area contributed by atoms with Gasteiger partial charge in [-0.15, -0.1) is 0 Å². The van der Waals surface area contributed by atoms with Crippen molar-refractivity contribution in [1.82, 2.24) is 9.97 Å². The molecule has 102 valence electrons. The molecule has 1 aromatic heterocycles. The maximum atomic E-state index is 6.07. The van der Waals surface area contributed by atoms with E-state index in [1.54, 1.807) is 12.4 Å². The summed E-state index contributed by atoms with van der Waals surface area (Å²) in [4.78, 5) is 8.36. The maximum Gasteiger partial charge on any atom is 0.138 e. The van der Waals surface area contributed by atoms with Crippen molar-refractivity contribution in [3.8, 4) is 5.75 Å². The number of halogens is 1. The summed E-state index contributed by atoms with van der Waals surface area (Å²) in [5.74, 6) is 0.667. The zero-order valence-corrected chi connectivity index (χ0v) is 12.5. The van der Waals surface area contributed by atoms with E-state index in [1.807, 2.05) is 45.9 Å². The van der Waals surface area contributed by atoms with Gasteiger partial charge in [0.2, 0.25) is 0 Å². The second-order valence-electron chi connectivity index (χ2n) is 3.87. The summed E-state index contributed by atoms with van der Waals surface area (Å²) in [6.45, 7) is 8.26. The van der Waals surface area contributed by atoms with Gasteiger partial charge in [0.25, 0.3) is 0 Å². The van der Waals surface area contributed by atoms with Crippen molar-refractivity contribution in [3.05, 3.63) is 52.6 Å². The molecule has 0 bridgehead atoms. The molecule has 1 heterocycles. The normalized spacial score (nSPS) is 9.53. The minimum atomic E-state index is 0.372. The van der Waals surface area contributed by atoms with Gasteiger partial charge in [-0.2, -0.15) is 0 Å². The predicted molar refractivity (Wildman–Crippen MR) is 78.6 cm³/mol. The largest absolute Gasteiger partial charge is 0.486 e. The number of hydrogen-bond donors (Lipinski definition) is 0. The van der Waals surface area contributed by atoms with E-state index in [2.05, 4.69) is 9.97 Å². The number of hydrogen-bond acceptors (Lipinski definition) is 3. The van der Waals surface area contributed by atoms with E-state index in [9.17, 15) is 0 Å². The van der Waals surface area contributed by atoms with Crippen molar-refractivity contribution < 1.29 is 4.74 Å². The molecule has 19 heavy (non-hydrogen) atoms. The second-order valence-corrected chi connectivity index (χ2v) is 4.28. The monoisotopic (exact) mass is 278 g/mol. The molecule has 1 aromatic carbocycles. The number of nitrogens with zero attached hydrogens (tertiary/aromatic N) is 2. The molecular weight excluding hydrogens is 260 g/mol.